The molecule has 6 heteroatoms. The van der Waals surface area contributed by atoms with Gasteiger partial charge in [0, 0.05) is 12.7 Å². The molecule has 0 aliphatic rings. The molecule has 0 amide bonds. The quantitative estimate of drug-likeness (QED) is 0.682. The Labute approximate surface area is 110 Å². The van der Waals surface area contributed by atoms with Crippen molar-refractivity contribution in [3.8, 4) is 0 Å². The summed E-state index contributed by atoms with van der Waals surface area (Å²) in [6.45, 7) is 0. The summed E-state index contributed by atoms with van der Waals surface area (Å²) in [6, 6.07) is 9.93. The van der Waals surface area contributed by atoms with Crippen LogP contribution < -0.4 is 4.90 Å². The lowest BCUT2D eigenvalue weighted by atomic mass is 10.3. The van der Waals surface area contributed by atoms with Gasteiger partial charge in [-0.3, -0.25) is 0 Å². The van der Waals surface area contributed by atoms with Gasteiger partial charge in [0.15, 0.2) is 10.3 Å². The minimum atomic E-state index is 0.433. The number of aromatic nitrogens is 3. The van der Waals surface area contributed by atoms with E-state index in [0.29, 0.717) is 16.3 Å². The van der Waals surface area contributed by atoms with E-state index in [9.17, 15) is 0 Å². The van der Waals surface area contributed by atoms with E-state index >= 15 is 0 Å². The highest BCUT2D eigenvalue weighted by molar-refractivity contribution is 7.98. The van der Waals surface area contributed by atoms with Crippen molar-refractivity contribution in [1.29, 1.82) is 0 Å². The van der Waals surface area contributed by atoms with E-state index in [4.69, 9.17) is 0 Å². The summed E-state index contributed by atoms with van der Waals surface area (Å²) in [7, 11) is 1.92. The Hall–Kier alpha value is -1.27. The van der Waals surface area contributed by atoms with Crippen molar-refractivity contribution in [2.24, 2.45) is 0 Å². The molecule has 0 radical (unpaired) electrons. The topological polar surface area (TPSA) is 41.9 Å². The molecule has 1 heterocycles. The van der Waals surface area contributed by atoms with Crippen molar-refractivity contribution in [2.45, 2.75) is 10.3 Å². The number of benzene rings is 1. The Balaban J connectivity index is 2.37. The molecule has 0 aliphatic carbocycles. The fourth-order valence-corrected chi connectivity index (χ4v) is 1.95. The van der Waals surface area contributed by atoms with Gasteiger partial charge < -0.3 is 4.90 Å². The number of rotatable bonds is 3. The molecular formula is C11H12N4S2. The van der Waals surface area contributed by atoms with Crippen LogP contribution in [0.4, 0.5) is 11.6 Å². The maximum absolute atomic E-state index is 4.35. The van der Waals surface area contributed by atoms with Gasteiger partial charge in [-0.25, -0.2) is 0 Å². The fraction of sp³-hybridized carbons (Fsp3) is 0.182. The Morgan fingerprint density at radius 3 is 2.47 bits per heavy atom. The van der Waals surface area contributed by atoms with Gasteiger partial charge in [-0.2, -0.15) is 15.0 Å². The molecule has 0 atom stereocenters. The van der Waals surface area contributed by atoms with Gasteiger partial charge in [0.05, 0.1) is 0 Å². The van der Waals surface area contributed by atoms with Crippen LogP contribution in [0.25, 0.3) is 0 Å². The second-order valence-corrected chi connectivity index (χ2v) is 4.49. The summed E-state index contributed by atoms with van der Waals surface area (Å²) in [5, 5.41) is 1.10. The van der Waals surface area contributed by atoms with E-state index in [1.807, 2.05) is 48.5 Å². The molecule has 0 saturated heterocycles. The minimum absolute atomic E-state index is 0.433. The maximum atomic E-state index is 4.35. The fourth-order valence-electron chi connectivity index (χ4n) is 1.34. The zero-order valence-corrected chi connectivity index (χ0v) is 11.2. The molecular weight excluding hydrogens is 252 g/mol. The Kier molecular flexibility index (Phi) is 3.86. The molecule has 0 aliphatic heterocycles. The van der Waals surface area contributed by atoms with E-state index in [0.717, 1.165) is 5.69 Å². The van der Waals surface area contributed by atoms with Crippen LogP contribution in [0.15, 0.2) is 40.6 Å². The average molecular weight is 264 g/mol. The monoisotopic (exact) mass is 264 g/mol. The highest BCUT2D eigenvalue weighted by Crippen LogP contribution is 2.21. The number of thioether (sulfide) groups is 1. The van der Waals surface area contributed by atoms with Gasteiger partial charge in [0.2, 0.25) is 5.95 Å². The number of nitrogens with zero attached hydrogens (tertiary/aromatic N) is 4. The smallest absolute Gasteiger partial charge is 0.234 e. The van der Waals surface area contributed by atoms with Crippen LogP contribution in [-0.2, 0) is 0 Å². The van der Waals surface area contributed by atoms with Gasteiger partial charge in [-0.15, -0.1) is 12.6 Å². The first-order valence-electron chi connectivity index (χ1n) is 4.98. The van der Waals surface area contributed by atoms with Crippen LogP contribution in [0.5, 0.6) is 0 Å². The first-order chi connectivity index (χ1) is 8.20. The largest absolute Gasteiger partial charge is 0.313 e. The molecule has 4 nitrogen and oxygen atoms in total. The molecule has 2 aromatic rings. The van der Waals surface area contributed by atoms with Crippen molar-refractivity contribution >= 4 is 36.0 Å². The summed E-state index contributed by atoms with van der Waals surface area (Å²) >= 11 is 5.65. The van der Waals surface area contributed by atoms with Gasteiger partial charge in [-0.05, 0) is 18.4 Å². The summed E-state index contributed by atoms with van der Waals surface area (Å²) in [5.74, 6) is 0.598. The normalized spacial score (nSPS) is 10.3. The van der Waals surface area contributed by atoms with Crippen molar-refractivity contribution in [2.75, 3.05) is 18.2 Å². The highest BCUT2D eigenvalue weighted by atomic mass is 32.2. The van der Waals surface area contributed by atoms with Crippen molar-refractivity contribution in [1.82, 2.24) is 15.0 Å². The first kappa shape index (κ1) is 12.2. The molecule has 2 rings (SSSR count). The molecule has 0 N–H and O–H groups in total. The van der Waals surface area contributed by atoms with Crippen LogP contribution in [0.1, 0.15) is 0 Å². The number of hydrogen-bond donors (Lipinski definition) is 1. The Morgan fingerprint density at radius 2 is 1.82 bits per heavy atom. The Bertz CT molecular complexity index is 504. The van der Waals surface area contributed by atoms with E-state index < -0.39 is 0 Å². The molecule has 1 aromatic carbocycles. The third-order valence-corrected chi connectivity index (χ3v) is 2.97. The average Bonchev–Trinajstić information content (AvgIpc) is 2.38. The van der Waals surface area contributed by atoms with Gasteiger partial charge >= 0.3 is 0 Å². The highest BCUT2D eigenvalue weighted by Gasteiger charge is 2.09. The lowest BCUT2D eigenvalue weighted by molar-refractivity contribution is 0.794. The molecule has 0 saturated carbocycles. The predicted octanol–water partition coefficient (Wildman–Crippen LogP) is 2.65. The third-order valence-electron chi connectivity index (χ3n) is 2.22. The molecule has 0 unspecified atom stereocenters. The first-order valence-corrected chi connectivity index (χ1v) is 6.65. The summed E-state index contributed by atoms with van der Waals surface area (Å²) < 4.78 is 0. The molecule has 88 valence electrons. The molecule has 1 aromatic heterocycles. The second-order valence-electron chi connectivity index (χ2n) is 3.32. The Morgan fingerprint density at radius 1 is 1.12 bits per heavy atom. The van der Waals surface area contributed by atoms with Crippen LogP contribution in [0, 0.1) is 0 Å². The van der Waals surface area contributed by atoms with E-state index in [1.54, 1.807) is 0 Å². The standard InChI is InChI=1S/C11H12N4S2/c1-15(8-6-4-3-5-7-8)9-12-10(16)14-11(13-9)17-2/h3-7H,1-2H3,(H,12,13,14,16). The van der Waals surface area contributed by atoms with Crippen LogP contribution in [-0.4, -0.2) is 28.3 Å². The number of thiol groups is 1. The van der Waals surface area contributed by atoms with Gasteiger partial charge in [0.1, 0.15) is 0 Å². The second kappa shape index (κ2) is 5.37. The van der Waals surface area contributed by atoms with Crippen molar-refractivity contribution in [3.05, 3.63) is 30.3 Å². The zero-order valence-electron chi connectivity index (χ0n) is 9.53. The van der Waals surface area contributed by atoms with Crippen LogP contribution in [0.3, 0.4) is 0 Å². The van der Waals surface area contributed by atoms with Gasteiger partial charge in [-0.1, -0.05) is 30.0 Å². The lowest BCUT2D eigenvalue weighted by Gasteiger charge is -2.17. The molecule has 0 bridgehead atoms. The third kappa shape index (κ3) is 2.89. The zero-order chi connectivity index (χ0) is 12.3. The lowest BCUT2D eigenvalue weighted by Crippen LogP contribution is -2.14. The predicted molar refractivity (Wildman–Crippen MR) is 73.4 cm³/mol. The number of hydrogen-bond acceptors (Lipinski definition) is 6. The number of anilines is 2. The number of para-hydroxylation sites is 1. The van der Waals surface area contributed by atoms with Crippen LogP contribution in [0.2, 0.25) is 0 Å². The minimum Gasteiger partial charge on any atom is -0.313 e. The van der Waals surface area contributed by atoms with Crippen LogP contribution >= 0.6 is 24.4 Å². The molecule has 0 fully saturated rings. The SMILES string of the molecule is CSc1nc(S)nc(N(C)c2ccccc2)n1. The molecule has 17 heavy (non-hydrogen) atoms. The van der Waals surface area contributed by atoms with E-state index in [-0.39, 0.29) is 0 Å². The summed E-state index contributed by atoms with van der Waals surface area (Å²) in [5.41, 5.74) is 1.03. The van der Waals surface area contributed by atoms with Gasteiger partial charge in [0.25, 0.3) is 0 Å². The molecule has 0 spiro atoms. The summed E-state index contributed by atoms with van der Waals surface area (Å²) in [4.78, 5) is 14.6. The van der Waals surface area contributed by atoms with Crippen molar-refractivity contribution in [3.63, 3.8) is 0 Å². The van der Waals surface area contributed by atoms with E-state index in [1.165, 1.54) is 11.8 Å². The maximum Gasteiger partial charge on any atom is 0.234 e. The van der Waals surface area contributed by atoms with Crippen molar-refractivity contribution < 1.29 is 0 Å². The van der Waals surface area contributed by atoms with E-state index in [2.05, 4.69) is 27.6 Å². The summed E-state index contributed by atoms with van der Waals surface area (Å²) in [6.07, 6.45) is 1.93.